The molecule has 1 atom stereocenters. The van der Waals surface area contributed by atoms with Gasteiger partial charge in [-0.05, 0) is 49.6 Å². The van der Waals surface area contributed by atoms with Crippen molar-refractivity contribution in [2.75, 3.05) is 13.2 Å². The number of benzene rings is 1. The summed E-state index contributed by atoms with van der Waals surface area (Å²) in [7, 11) is 0. The topological polar surface area (TPSA) is 71.2 Å². The molecule has 1 aliphatic heterocycles. The van der Waals surface area contributed by atoms with Crippen LogP contribution < -0.4 is 4.74 Å². The second-order valence-electron chi connectivity index (χ2n) is 5.89. The van der Waals surface area contributed by atoms with Gasteiger partial charge in [0, 0.05) is 18.9 Å². The number of piperidine rings is 1. The predicted molar refractivity (Wildman–Crippen MR) is 88.2 cm³/mol. The average Bonchev–Trinajstić information content (AvgIpc) is 3.13. The molecule has 0 bridgehead atoms. The van der Waals surface area contributed by atoms with Crippen LogP contribution in [0.2, 0.25) is 0 Å². The van der Waals surface area contributed by atoms with E-state index in [1.54, 1.807) is 30.5 Å². The number of nitrogens with zero attached hydrogens (tertiary/aromatic N) is 4. The Hall–Kier alpha value is -2.81. The summed E-state index contributed by atoms with van der Waals surface area (Å²) in [6, 6.07) is 10.9. The Morgan fingerprint density at radius 1 is 1.33 bits per heavy atom. The zero-order valence-electron chi connectivity index (χ0n) is 13.5. The number of aromatic nitrogens is 2. The van der Waals surface area contributed by atoms with Crippen LogP contribution in [0.3, 0.4) is 0 Å². The van der Waals surface area contributed by atoms with E-state index in [-0.39, 0.29) is 18.6 Å². The third kappa shape index (κ3) is 3.93. The van der Waals surface area contributed by atoms with Crippen molar-refractivity contribution < 1.29 is 9.53 Å². The first-order valence-corrected chi connectivity index (χ1v) is 8.16. The molecular weight excluding hydrogens is 304 g/mol. The van der Waals surface area contributed by atoms with E-state index in [1.165, 1.54) is 0 Å². The van der Waals surface area contributed by atoms with E-state index in [4.69, 9.17) is 10.00 Å². The van der Waals surface area contributed by atoms with Crippen molar-refractivity contribution in [3.05, 3.63) is 48.3 Å². The molecule has 2 aromatic rings. The molecule has 1 saturated heterocycles. The van der Waals surface area contributed by atoms with Crippen LogP contribution in [0.1, 0.15) is 24.8 Å². The number of amides is 1. The Bertz CT molecular complexity index is 704. The SMILES string of the molecule is N#Cc1ccc(OCC(=O)N2CCCCC2Cn2cccn2)cc1. The fourth-order valence-corrected chi connectivity index (χ4v) is 3.00. The zero-order chi connectivity index (χ0) is 16.8. The molecular formula is C18H20N4O2. The van der Waals surface area contributed by atoms with Crippen molar-refractivity contribution in [1.82, 2.24) is 14.7 Å². The molecule has 1 fully saturated rings. The van der Waals surface area contributed by atoms with E-state index in [9.17, 15) is 4.79 Å². The first-order valence-electron chi connectivity index (χ1n) is 8.16. The van der Waals surface area contributed by atoms with Crippen molar-refractivity contribution >= 4 is 5.91 Å². The number of carbonyl (C=O) groups excluding carboxylic acids is 1. The van der Waals surface area contributed by atoms with Gasteiger partial charge in [-0.25, -0.2) is 0 Å². The first kappa shape index (κ1) is 16.1. The molecule has 1 aliphatic rings. The summed E-state index contributed by atoms with van der Waals surface area (Å²) in [6.45, 7) is 1.50. The number of likely N-dealkylation sites (tertiary alicyclic amines) is 1. The van der Waals surface area contributed by atoms with Crippen molar-refractivity contribution in [3.8, 4) is 11.8 Å². The van der Waals surface area contributed by atoms with Crippen LogP contribution in [-0.4, -0.2) is 39.8 Å². The molecule has 1 amide bonds. The molecule has 0 aliphatic carbocycles. The molecule has 124 valence electrons. The van der Waals surface area contributed by atoms with Gasteiger partial charge in [0.15, 0.2) is 6.61 Å². The molecule has 1 aromatic carbocycles. The van der Waals surface area contributed by atoms with Gasteiger partial charge in [0.1, 0.15) is 5.75 Å². The molecule has 0 saturated carbocycles. The summed E-state index contributed by atoms with van der Waals surface area (Å²) >= 11 is 0. The third-order valence-corrected chi connectivity index (χ3v) is 4.25. The van der Waals surface area contributed by atoms with Gasteiger partial charge in [-0.2, -0.15) is 10.4 Å². The summed E-state index contributed by atoms with van der Waals surface area (Å²) in [5.41, 5.74) is 0.573. The van der Waals surface area contributed by atoms with E-state index in [0.717, 1.165) is 32.4 Å². The average molecular weight is 324 g/mol. The normalized spacial score (nSPS) is 17.3. The molecule has 0 N–H and O–H groups in total. The fourth-order valence-electron chi connectivity index (χ4n) is 3.00. The standard InChI is InChI=1S/C18H20N4O2/c19-12-15-5-7-17(8-6-15)24-14-18(23)22-11-2-1-4-16(22)13-21-10-3-9-20-21/h3,5-10,16H,1-2,4,11,13-14H2. The molecule has 6 nitrogen and oxygen atoms in total. The summed E-state index contributed by atoms with van der Waals surface area (Å²) in [6.07, 6.45) is 6.82. The number of ether oxygens (including phenoxy) is 1. The lowest BCUT2D eigenvalue weighted by atomic mass is 10.0. The van der Waals surface area contributed by atoms with Crippen LogP contribution in [0.5, 0.6) is 5.75 Å². The van der Waals surface area contributed by atoms with Crippen LogP contribution in [0, 0.1) is 11.3 Å². The fraction of sp³-hybridized carbons (Fsp3) is 0.389. The predicted octanol–water partition coefficient (Wildman–Crippen LogP) is 2.21. The van der Waals surface area contributed by atoms with Gasteiger partial charge in [0.05, 0.1) is 24.2 Å². The number of hydrogen-bond acceptors (Lipinski definition) is 4. The van der Waals surface area contributed by atoms with Crippen LogP contribution in [-0.2, 0) is 11.3 Å². The Balaban J connectivity index is 1.58. The summed E-state index contributed by atoms with van der Waals surface area (Å²) in [4.78, 5) is 14.5. The Morgan fingerprint density at radius 2 is 2.17 bits per heavy atom. The minimum absolute atomic E-state index is 0.00350. The highest BCUT2D eigenvalue weighted by atomic mass is 16.5. The quantitative estimate of drug-likeness (QED) is 0.845. The lowest BCUT2D eigenvalue weighted by molar-refractivity contribution is -0.137. The highest BCUT2D eigenvalue weighted by Gasteiger charge is 2.27. The van der Waals surface area contributed by atoms with Gasteiger partial charge >= 0.3 is 0 Å². The maximum Gasteiger partial charge on any atom is 0.260 e. The molecule has 2 heterocycles. The number of carbonyl (C=O) groups is 1. The lowest BCUT2D eigenvalue weighted by Gasteiger charge is -2.35. The zero-order valence-corrected chi connectivity index (χ0v) is 13.5. The highest BCUT2D eigenvalue weighted by Crippen LogP contribution is 2.19. The third-order valence-electron chi connectivity index (χ3n) is 4.25. The number of nitriles is 1. The van der Waals surface area contributed by atoms with Crippen molar-refractivity contribution in [3.63, 3.8) is 0 Å². The van der Waals surface area contributed by atoms with Crippen LogP contribution in [0.25, 0.3) is 0 Å². The molecule has 24 heavy (non-hydrogen) atoms. The molecule has 0 spiro atoms. The Labute approximate surface area is 141 Å². The summed E-state index contributed by atoms with van der Waals surface area (Å²) in [5, 5.41) is 13.0. The van der Waals surface area contributed by atoms with E-state index in [1.807, 2.05) is 21.8 Å². The maximum absolute atomic E-state index is 12.6. The van der Waals surface area contributed by atoms with Crippen molar-refractivity contribution in [2.45, 2.75) is 31.8 Å². The Kier molecular flexibility index (Phi) is 5.12. The molecule has 1 unspecified atom stereocenters. The van der Waals surface area contributed by atoms with Crippen molar-refractivity contribution in [2.24, 2.45) is 0 Å². The minimum Gasteiger partial charge on any atom is -0.484 e. The maximum atomic E-state index is 12.6. The number of rotatable bonds is 5. The van der Waals surface area contributed by atoms with E-state index in [0.29, 0.717) is 11.3 Å². The van der Waals surface area contributed by atoms with Gasteiger partial charge in [-0.15, -0.1) is 0 Å². The first-order chi connectivity index (χ1) is 11.8. The van der Waals surface area contributed by atoms with Crippen LogP contribution in [0.4, 0.5) is 0 Å². The second kappa shape index (κ2) is 7.64. The van der Waals surface area contributed by atoms with Crippen LogP contribution in [0.15, 0.2) is 42.7 Å². The smallest absolute Gasteiger partial charge is 0.260 e. The van der Waals surface area contributed by atoms with Gasteiger partial charge < -0.3 is 9.64 Å². The Morgan fingerprint density at radius 3 is 2.88 bits per heavy atom. The minimum atomic E-state index is -0.00350. The van der Waals surface area contributed by atoms with Gasteiger partial charge in [0.25, 0.3) is 5.91 Å². The van der Waals surface area contributed by atoms with Gasteiger partial charge in [-0.1, -0.05) is 0 Å². The molecule has 6 heteroatoms. The summed E-state index contributed by atoms with van der Waals surface area (Å²) in [5.74, 6) is 0.596. The molecule has 3 rings (SSSR count). The monoisotopic (exact) mass is 324 g/mol. The molecule has 0 radical (unpaired) electrons. The lowest BCUT2D eigenvalue weighted by Crippen LogP contribution is -2.47. The van der Waals surface area contributed by atoms with Crippen molar-refractivity contribution in [1.29, 1.82) is 5.26 Å². The largest absolute Gasteiger partial charge is 0.484 e. The van der Waals surface area contributed by atoms with E-state index >= 15 is 0 Å². The van der Waals surface area contributed by atoms with E-state index in [2.05, 4.69) is 11.2 Å². The number of hydrogen-bond donors (Lipinski definition) is 0. The summed E-state index contributed by atoms with van der Waals surface area (Å²) < 4.78 is 7.45. The van der Waals surface area contributed by atoms with E-state index < -0.39 is 0 Å². The second-order valence-corrected chi connectivity index (χ2v) is 5.89. The molecule has 1 aromatic heterocycles. The van der Waals surface area contributed by atoms with Gasteiger partial charge in [0.2, 0.25) is 0 Å². The van der Waals surface area contributed by atoms with Gasteiger partial charge in [-0.3, -0.25) is 9.48 Å². The highest BCUT2D eigenvalue weighted by molar-refractivity contribution is 5.78. The van der Waals surface area contributed by atoms with Crippen LogP contribution >= 0.6 is 0 Å².